The van der Waals surface area contributed by atoms with Crippen molar-refractivity contribution in [1.82, 2.24) is 9.29 Å². The van der Waals surface area contributed by atoms with Crippen molar-refractivity contribution in [2.75, 3.05) is 18.9 Å². The minimum Gasteiger partial charge on any atom is -0.369 e. The fraction of sp³-hybridized carbons (Fsp3) is 0.615. The van der Waals surface area contributed by atoms with Crippen LogP contribution in [0.3, 0.4) is 0 Å². The number of hydrogen-bond acceptors (Lipinski definition) is 4. The smallest absolute Gasteiger partial charge is 0.246 e. The molecular formula is C13H23N3O2S. The van der Waals surface area contributed by atoms with Crippen LogP contribution in [0.1, 0.15) is 34.1 Å². The summed E-state index contributed by atoms with van der Waals surface area (Å²) in [6, 6.07) is 3.23. The molecule has 0 fully saturated rings. The monoisotopic (exact) mass is 285 g/mol. The van der Waals surface area contributed by atoms with E-state index in [9.17, 15) is 8.42 Å². The van der Waals surface area contributed by atoms with Gasteiger partial charge in [-0.25, -0.2) is 13.4 Å². The van der Waals surface area contributed by atoms with Crippen molar-refractivity contribution in [3.8, 4) is 0 Å². The van der Waals surface area contributed by atoms with Crippen LogP contribution in [0.5, 0.6) is 0 Å². The summed E-state index contributed by atoms with van der Waals surface area (Å²) >= 11 is 0. The molecule has 0 aromatic carbocycles. The average molecular weight is 285 g/mol. The van der Waals surface area contributed by atoms with Crippen LogP contribution in [0, 0.1) is 0 Å². The lowest BCUT2D eigenvalue weighted by molar-refractivity contribution is 0.257. The molecule has 0 atom stereocenters. The molecule has 1 aromatic heterocycles. The quantitative estimate of drug-likeness (QED) is 0.871. The van der Waals surface area contributed by atoms with Crippen LogP contribution < -0.4 is 5.32 Å². The van der Waals surface area contributed by atoms with Crippen LogP contribution in [-0.2, 0) is 10.0 Å². The molecule has 6 heteroatoms. The Balaban J connectivity index is 3.28. The van der Waals surface area contributed by atoms with E-state index in [1.807, 2.05) is 27.7 Å². The Labute approximate surface area is 116 Å². The number of nitrogens with zero attached hydrogens (tertiary/aromatic N) is 2. The summed E-state index contributed by atoms with van der Waals surface area (Å²) in [6.07, 6.45) is 2.32. The highest BCUT2D eigenvalue weighted by atomic mass is 32.2. The van der Waals surface area contributed by atoms with E-state index in [0.717, 1.165) is 6.42 Å². The number of sulfonamides is 1. The van der Waals surface area contributed by atoms with E-state index in [-0.39, 0.29) is 4.90 Å². The molecule has 0 saturated carbocycles. The van der Waals surface area contributed by atoms with Crippen molar-refractivity contribution >= 4 is 15.8 Å². The maximum Gasteiger partial charge on any atom is 0.246 e. The first-order valence-electron chi connectivity index (χ1n) is 6.45. The van der Waals surface area contributed by atoms with E-state index in [0.29, 0.717) is 12.4 Å². The summed E-state index contributed by atoms with van der Waals surface area (Å²) in [5.74, 6) is 0.406. The minimum absolute atomic E-state index is 0.223. The molecule has 0 radical (unpaired) electrons. The Morgan fingerprint density at radius 3 is 2.53 bits per heavy atom. The van der Waals surface area contributed by atoms with E-state index in [1.165, 1.54) is 4.31 Å². The van der Waals surface area contributed by atoms with Crippen LogP contribution in [0.25, 0.3) is 0 Å². The molecule has 19 heavy (non-hydrogen) atoms. The van der Waals surface area contributed by atoms with E-state index >= 15 is 0 Å². The number of anilines is 1. The van der Waals surface area contributed by atoms with Gasteiger partial charge >= 0.3 is 0 Å². The van der Waals surface area contributed by atoms with Gasteiger partial charge in [0.2, 0.25) is 10.0 Å². The second kappa shape index (κ2) is 5.88. The molecule has 108 valence electrons. The van der Waals surface area contributed by atoms with E-state index < -0.39 is 15.6 Å². The van der Waals surface area contributed by atoms with Gasteiger partial charge in [-0.05, 0) is 39.3 Å². The Hall–Kier alpha value is -1.14. The van der Waals surface area contributed by atoms with Gasteiger partial charge in [-0.3, -0.25) is 0 Å². The fourth-order valence-corrected chi connectivity index (χ4v) is 3.29. The van der Waals surface area contributed by atoms with Gasteiger partial charge in [0.05, 0.1) is 0 Å². The van der Waals surface area contributed by atoms with Gasteiger partial charge in [0, 0.05) is 25.3 Å². The van der Waals surface area contributed by atoms with Gasteiger partial charge in [0.15, 0.2) is 0 Å². The third-order valence-electron chi connectivity index (χ3n) is 3.47. The summed E-state index contributed by atoms with van der Waals surface area (Å²) in [7, 11) is -1.94. The zero-order valence-corrected chi connectivity index (χ0v) is 13.1. The predicted molar refractivity (Wildman–Crippen MR) is 77.7 cm³/mol. The van der Waals surface area contributed by atoms with Crippen LogP contribution in [0.4, 0.5) is 5.82 Å². The third-order valence-corrected chi connectivity index (χ3v) is 5.57. The van der Waals surface area contributed by atoms with Gasteiger partial charge < -0.3 is 5.32 Å². The first-order valence-corrected chi connectivity index (χ1v) is 7.89. The highest BCUT2D eigenvalue weighted by molar-refractivity contribution is 7.89. The van der Waals surface area contributed by atoms with Gasteiger partial charge in [-0.15, -0.1) is 0 Å². The fourth-order valence-electron chi connectivity index (χ4n) is 1.59. The maximum atomic E-state index is 12.7. The van der Waals surface area contributed by atoms with Crippen LogP contribution in [0.2, 0.25) is 0 Å². The van der Waals surface area contributed by atoms with Crippen molar-refractivity contribution in [3.05, 3.63) is 18.3 Å². The molecule has 1 N–H and O–H groups in total. The van der Waals surface area contributed by atoms with E-state index in [4.69, 9.17) is 0 Å². The Kier molecular flexibility index (Phi) is 4.92. The van der Waals surface area contributed by atoms with E-state index in [1.54, 1.807) is 25.4 Å². The Morgan fingerprint density at radius 1 is 1.37 bits per heavy atom. The summed E-state index contributed by atoms with van der Waals surface area (Å²) in [5, 5.41) is 2.99. The summed E-state index contributed by atoms with van der Waals surface area (Å²) < 4.78 is 26.8. The molecule has 0 saturated heterocycles. The lowest BCUT2D eigenvalue weighted by Gasteiger charge is -2.34. The minimum atomic E-state index is -3.55. The standard InChI is InChI=1S/C13H23N3O2S/c1-6-13(3,4)16(5)19(17,18)11-9-8-10-15-12(11)14-7-2/h8-10H,6-7H2,1-5H3,(H,14,15). The van der Waals surface area contributed by atoms with Gasteiger partial charge in [0.1, 0.15) is 10.7 Å². The largest absolute Gasteiger partial charge is 0.369 e. The summed E-state index contributed by atoms with van der Waals surface area (Å²) in [4.78, 5) is 4.33. The maximum absolute atomic E-state index is 12.7. The normalized spacial score (nSPS) is 12.7. The van der Waals surface area contributed by atoms with Crippen molar-refractivity contribution in [1.29, 1.82) is 0 Å². The second-order valence-corrected chi connectivity index (χ2v) is 6.96. The lowest BCUT2D eigenvalue weighted by atomic mass is 10.0. The molecule has 0 amide bonds. The van der Waals surface area contributed by atoms with Crippen LogP contribution in [0.15, 0.2) is 23.2 Å². The SMILES string of the molecule is CCNc1ncccc1S(=O)(=O)N(C)C(C)(C)CC. The Bertz CT molecular complexity index is 526. The molecule has 0 aliphatic heterocycles. The van der Waals surface area contributed by atoms with Crippen LogP contribution in [-0.4, -0.2) is 36.8 Å². The van der Waals surface area contributed by atoms with Crippen molar-refractivity contribution in [2.45, 2.75) is 44.6 Å². The molecule has 1 heterocycles. The zero-order valence-electron chi connectivity index (χ0n) is 12.3. The molecular weight excluding hydrogens is 262 g/mol. The lowest BCUT2D eigenvalue weighted by Crippen LogP contribution is -2.44. The zero-order chi connectivity index (χ0) is 14.7. The molecule has 1 aromatic rings. The highest BCUT2D eigenvalue weighted by Crippen LogP contribution is 2.28. The number of pyridine rings is 1. The number of aromatic nitrogens is 1. The van der Waals surface area contributed by atoms with Gasteiger partial charge in [-0.2, -0.15) is 4.31 Å². The number of hydrogen-bond donors (Lipinski definition) is 1. The van der Waals surface area contributed by atoms with E-state index in [2.05, 4.69) is 10.3 Å². The number of rotatable bonds is 6. The molecule has 0 unspecified atom stereocenters. The van der Waals surface area contributed by atoms with Crippen LogP contribution >= 0.6 is 0 Å². The summed E-state index contributed by atoms with van der Waals surface area (Å²) in [5.41, 5.74) is -0.432. The number of nitrogens with one attached hydrogen (secondary N) is 1. The topological polar surface area (TPSA) is 62.3 Å². The van der Waals surface area contributed by atoms with Gasteiger partial charge in [0.25, 0.3) is 0 Å². The molecule has 0 spiro atoms. The first kappa shape index (κ1) is 15.9. The van der Waals surface area contributed by atoms with Gasteiger partial charge in [-0.1, -0.05) is 6.92 Å². The first-order chi connectivity index (χ1) is 8.77. The molecule has 5 nitrogen and oxygen atoms in total. The van der Waals surface area contributed by atoms with Crippen molar-refractivity contribution < 1.29 is 8.42 Å². The second-order valence-electron chi connectivity index (χ2n) is 5.02. The molecule has 0 bridgehead atoms. The predicted octanol–water partition coefficient (Wildman–Crippen LogP) is 2.32. The summed E-state index contributed by atoms with van der Waals surface area (Å²) in [6.45, 7) is 8.33. The third kappa shape index (κ3) is 3.25. The van der Waals surface area contributed by atoms with Crippen molar-refractivity contribution in [2.24, 2.45) is 0 Å². The average Bonchev–Trinajstić information content (AvgIpc) is 2.38. The molecule has 1 rings (SSSR count). The Morgan fingerprint density at radius 2 is 2.00 bits per heavy atom. The van der Waals surface area contributed by atoms with Crippen molar-refractivity contribution in [3.63, 3.8) is 0 Å². The highest BCUT2D eigenvalue weighted by Gasteiger charge is 2.34. The molecule has 0 aliphatic rings. The molecule has 0 aliphatic carbocycles.